The normalized spacial score (nSPS) is 22.1. The molecule has 5 rings (SSSR count). The second-order valence-corrected chi connectivity index (χ2v) is 12.3. The van der Waals surface area contributed by atoms with Crippen LogP contribution in [0.2, 0.25) is 0 Å². The van der Waals surface area contributed by atoms with Gasteiger partial charge in [0.15, 0.2) is 17.2 Å². The second-order valence-electron chi connectivity index (χ2n) is 12.3. The van der Waals surface area contributed by atoms with Gasteiger partial charge in [0, 0.05) is 33.6 Å². The van der Waals surface area contributed by atoms with Crippen LogP contribution in [0.4, 0.5) is 8.78 Å². The predicted molar refractivity (Wildman–Crippen MR) is 147 cm³/mol. The molecule has 0 saturated heterocycles. The molecule has 2 aromatic carbocycles. The fourth-order valence-corrected chi connectivity index (χ4v) is 6.04. The number of nitriles is 1. The third kappa shape index (κ3) is 4.33. The fourth-order valence-electron chi connectivity index (χ4n) is 6.04. The minimum Gasteiger partial charge on any atom is -0.375 e. The molecule has 1 aliphatic rings. The number of carbonyl (C=O) groups excluding carboxylic acids is 1. The monoisotopic (exact) mass is 532 g/mol. The summed E-state index contributed by atoms with van der Waals surface area (Å²) in [6.07, 6.45) is 3.20. The second kappa shape index (κ2) is 9.27. The highest BCUT2D eigenvalue weighted by atomic mass is 19.2. The number of hydrogen-bond acceptors (Lipinski definition) is 4. The summed E-state index contributed by atoms with van der Waals surface area (Å²) in [6.45, 7) is 11.6. The van der Waals surface area contributed by atoms with Crippen LogP contribution in [0.15, 0.2) is 36.5 Å². The Morgan fingerprint density at radius 1 is 1.18 bits per heavy atom. The molecule has 8 heteroatoms. The maximum atomic E-state index is 14.5. The van der Waals surface area contributed by atoms with Crippen LogP contribution in [0.3, 0.4) is 0 Å². The van der Waals surface area contributed by atoms with Crippen LogP contribution in [-0.4, -0.2) is 31.0 Å². The topological polar surface area (TPSA) is 83.8 Å². The van der Waals surface area contributed by atoms with Crippen molar-refractivity contribution in [2.45, 2.75) is 78.2 Å². The Morgan fingerprint density at radius 3 is 2.49 bits per heavy atom. The number of carbonyl (C=O) groups is 1. The first-order chi connectivity index (χ1) is 18.3. The molecule has 0 aliphatic heterocycles. The molecule has 3 atom stereocenters. The van der Waals surface area contributed by atoms with E-state index in [1.165, 1.54) is 10.7 Å². The van der Waals surface area contributed by atoms with Crippen LogP contribution in [0.1, 0.15) is 88.7 Å². The maximum absolute atomic E-state index is 14.5. The molecule has 2 aromatic heterocycles. The molecule has 1 fully saturated rings. The van der Waals surface area contributed by atoms with Gasteiger partial charge in [-0.2, -0.15) is 15.0 Å². The number of fused-ring (bicyclic) bond motifs is 2. The summed E-state index contributed by atoms with van der Waals surface area (Å²) in [5, 5.41) is 26.5. The Hall–Kier alpha value is -3.57. The molecule has 0 bridgehead atoms. The van der Waals surface area contributed by atoms with Crippen molar-refractivity contribution in [2.75, 3.05) is 0 Å². The number of rotatable bonds is 3. The van der Waals surface area contributed by atoms with Gasteiger partial charge in [-0.25, -0.2) is 8.78 Å². The molecule has 4 aromatic rings. The summed E-state index contributed by atoms with van der Waals surface area (Å²) in [5.41, 5.74) is 1.99. The van der Waals surface area contributed by atoms with E-state index in [-0.39, 0.29) is 23.7 Å². The van der Waals surface area contributed by atoms with E-state index in [1.54, 1.807) is 12.3 Å². The zero-order valence-corrected chi connectivity index (χ0v) is 23.2. The Morgan fingerprint density at radius 2 is 1.90 bits per heavy atom. The Bertz CT molecular complexity index is 1650. The fraction of sp³-hybridized carbons (Fsp3) is 0.452. The van der Waals surface area contributed by atoms with Crippen molar-refractivity contribution in [3.05, 3.63) is 59.4 Å². The summed E-state index contributed by atoms with van der Waals surface area (Å²) < 4.78 is 31.9. The van der Waals surface area contributed by atoms with Crippen LogP contribution in [-0.2, 0) is 0 Å². The summed E-state index contributed by atoms with van der Waals surface area (Å²) >= 11 is 0. The molecule has 204 valence electrons. The van der Waals surface area contributed by atoms with E-state index in [1.807, 2.05) is 44.4 Å². The zero-order chi connectivity index (χ0) is 28.4. The van der Waals surface area contributed by atoms with Crippen molar-refractivity contribution in [3.8, 4) is 11.8 Å². The summed E-state index contributed by atoms with van der Waals surface area (Å²) in [7, 11) is 0. The number of aromatic nitrogens is 3. The maximum Gasteiger partial charge on any atom is 0.252 e. The molecule has 0 spiro atoms. The molecule has 0 radical (unpaired) electrons. The van der Waals surface area contributed by atoms with Gasteiger partial charge >= 0.3 is 0 Å². The van der Waals surface area contributed by atoms with Gasteiger partial charge in [0.2, 0.25) is 0 Å². The summed E-state index contributed by atoms with van der Waals surface area (Å²) in [6, 6.07) is 9.95. The van der Waals surface area contributed by atoms with Gasteiger partial charge in [-0.15, -0.1) is 0 Å². The molecule has 1 aliphatic carbocycles. The van der Waals surface area contributed by atoms with Crippen molar-refractivity contribution >= 4 is 27.7 Å². The lowest BCUT2D eigenvalue weighted by molar-refractivity contribution is 0.00432. The van der Waals surface area contributed by atoms with Crippen molar-refractivity contribution in [1.82, 2.24) is 14.3 Å². The van der Waals surface area contributed by atoms with Gasteiger partial charge in [0.1, 0.15) is 0 Å². The van der Waals surface area contributed by atoms with Gasteiger partial charge in [0.05, 0.1) is 23.3 Å². The lowest BCUT2D eigenvalue weighted by Gasteiger charge is -2.37. The highest BCUT2D eigenvalue weighted by Crippen LogP contribution is 2.48. The molecule has 6 nitrogen and oxygen atoms in total. The third-order valence-electron chi connectivity index (χ3n) is 8.20. The lowest BCUT2D eigenvalue weighted by atomic mass is 9.69. The highest BCUT2D eigenvalue weighted by molar-refractivity contribution is 6.02. The van der Waals surface area contributed by atoms with Gasteiger partial charge < -0.3 is 9.67 Å². The molecule has 0 amide bonds. The molecular weight excluding hydrogens is 498 g/mol. The Kier molecular flexibility index (Phi) is 6.42. The Balaban J connectivity index is 1.84. The standard InChI is InChI=1S/C31H34F2N4O2/c1-17(2)28-27(19-9-10-31(39,16-34)18(3)11-19)22-14-25-20(15-35-37(25)29(38)30(4,5)6)12-26(22)36(28)21-7-8-23(32)24(33)13-21/h7-8,12-15,17-19,39H,9-11H2,1-6H3. The van der Waals surface area contributed by atoms with Crippen LogP contribution >= 0.6 is 0 Å². The quantitative estimate of drug-likeness (QED) is 0.282. The van der Waals surface area contributed by atoms with Crippen LogP contribution in [0, 0.1) is 34.3 Å². The molecule has 2 heterocycles. The number of nitrogens with zero attached hydrogens (tertiary/aromatic N) is 4. The molecular formula is C31H34F2N4O2. The first-order valence-electron chi connectivity index (χ1n) is 13.5. The van der Waals surface area contributed by atoms with Crippen molar-refractivity contribution in [1.29, 1.82) is 5.26 Å². The van der Waals surface area contributed by atoms with Crippen molar-refractivity contribution in [2.24, 2.45) is 11.3 Å². The van der Waals surface area contributed by atoms with E-state index in [9.17, 15) is 23.9 Å². The first-order valence-corrected chi connectivity index (χ1v) is 13.5. The largest absolute Gasteiger partial charge is 0.375 e. The minimum absolute atomic E-state index is 0.0171. The van der Waals surface area contributed by atoms with E-state index < -0.39 is 22.7 Å². The van der Waals surface area contributed by atoms with Crippen LogP contribution < -0.4 is 0 Å². The van der Waals surface area contributed by atoms with Gasteiger partial charge in [0.25, 0.3) is 5.91 Å². The van der Waals surface area contributed by atoms with Crippen LogP contribution in [0.5, 0.6) is 0 Å². The van der Waals surface area contributed by atoms with Crippen molar-refractivity contribution < 1.29 is 18.7 Å². The van der Waals surface area contributed by atoms with Crippen LogP contribution in [0.25, 0.3) is 27.5 Å². The van der Waals surface area contributed by atoms with Crippen molar-refractivity contribution in [3.63, 3.8) is 0 Å². The smallest absolute Gasteiger partial charge is 0.252 e. The van der Waals surface area contributed by atoms with E-state index >= 15 is 0 Å². The van der Waals surface area contributed by atoms with Gasteiger partial charge in [-0.3, -0.25) is 4.79 Å². The summed E-state index contributed by atoms with van der Waals surface area (Å²) in [4.78, 5) is 13.2. The van der Waals surface area contributed by atoms with E-state index in [2.05, 4.69) is 25.0 Å². The minimum atomic E-state index is -1.38. The van der Waals surface area contributed by atoms with E-state index in [0.29, 0.717) is 30.5 Å². The van der Waals surface area contributed by atoms with E-state index in [0.717, 1.165) is 33.6 Å². The lowest BCUT2D eigenvalue weighted by Crippen LogP contribution is -2.39. The SMILES string of the molecule is CC(C)c1c(C2CCC(O)(C#N)C(C)C2)c2cc3c(cnn3C(=O)C(C)(C)C)cc2n1-c1ccc(F)c(F)c1. The number of halogens is 2. The molecule has 1 N–H and O–H groups in total. The molecule has 39 heavy (non-hydrogen) atoms. The van der Waals surface area contributed by atoms with E-state index in [4.69, 9.17) is 0 Å². The Labute approximate surface area is 226 Å². The van der Waals surface area contributed by atoms with Gasteiger partial charge in [-0.1, -0.05) is 41.5 Å². The molecule has 3 unspecified atom stereocenters. The number of benzene rings is 2. The average Bonchev–Trinajstić information content (AvgIpc) is 3.43. The number of aliphatic hydroxyl groups is 1. The zero-order valence-electron chi connectivity index (χ0n) is 23.2. The first kappa shape index (κ1) is 27.0. The number of hydrogen-bond donors (Lipinski definition) is 1. The average molecular weight is 533 g/mol. The van der Waals surface area contributed by atoms with Gasteiger partial charge in [-0.05, 0) is 66.8 Å². The predicted octanol–water partition coefficient (Wildman–Crippen LogP) is 7.23. The summed E-state index contributed by atoms with van der Waals surface area (Å²) in [5.74, 6) is -2.19. The third-order valence-corrected chi connectivity index (χ3v) is 8.20. The highest BCUT2D eigenvalue weighted by Gasteiger charge is 2.42. The molecule has 1 saturated carbocycles.